The summed E-state index contributed by atoms with van der Waals surface area (Å²) >= 11 is 0. The number of nitrogens with one attached hydrogen (secondary N) is 1. The van der Waals surface area contributed by atoms with Crippen molar-refractivity contribution in [2.45, 2.75) is 31.9 Å². The fourth-order valence-electron chi connectivity index (χ4n) is 2.87. The molecule has 1 aliphatic rings. The largest absolute Gasteiger partial charge is 0.417 e. The molecule has 3 nitrogen and oxygen atoms in total. The quantitative estimate of drug-likeness (QED) is 0.908. The average Bonchev–Trinajstić information content (AvgIpc) is 2.95. The van der Waals surface area contributed by atoms with Crippen LogP contribution in [0.3, 0.4) is 0 Å². The van der Waals surface area contributed by atoms with E-state index in [9.17, 15) is 18.0 Å². The highest BCUT2D eigenvalue weighted by Crippen LogP contribution is 2.41. The molecule has 0 aromatic heterocycles. The minimum atomic E-state index is -4.51. The van der Waals surface area contributed by atoms with Gasteiger partial charge in [-0.1, -0.05) is 49.4 Å². The number of halogens is 3. The maximum absolute atomic E-state index is 13.5. The first-order valence-electron chi connectivity index (χ1n) is 7.63. The van der Waals surface area contributed by atoms with E-state index in [1.165, 1.54) is 6.07 Å². The lowest BCUT2D eigenvalue weighted by atomic mass is 9.93. The summed E-state index contributed by atoms with van der Waals surface area (Å²) in [7, 11) is 0. The van der Waals surface area contributed by atoms with Crippen LogP contribution in [-0.4, -0.2) is 12.0 Å². The molecule has 0 spiro atoms. The van der Waals surface area contributed by atoms with Crippen LogP contribution in [0.1, 0.15) is 30.7 Å². The fourth-order valence-corrected chi connectivity index (χ4v) is 2.87. The standard InChI is InChI=1S/C18H16F3NO2/c1-2-14-16(23)22-17(24-14)12-9-6-10-13(18(19,20)21)15(12)11-7-4-3-5-8-11/h3-10,14,17H,2H2,1H3,(H,22,23). The van der Waals surface area contributed by atoms with Crippen molar-refractivity contribution in [3.8, 4) is 11.1 Å². The molecule has 126 valence electrons. The third-order valence-corrected chi connectivity index (χ3v) is 3.98. The molecule has 1 heterocycles. The van der Waals surface area contributed by atoms with Crippen LogP contribution in [0.5, 0.6) is 0 Å². The van der Waals surface area contributed by atoms with Crippen molar-refractivity contribution in [2.75, 3.05) is 0 Å². The van der Waals surface area contributed by atoms with E-state index in [2.05, 4.69) is 5.32 Å². The molecule has 3 rings (SSSR count). The second kappa shape index (κ2) is 6.28. The normalized spacial score (nSPS) is 20.9. The van der Waals surface area contributed by atoms with Crippen molar-refractivity contribution in [1.29, 1.82) is 0 Å². The van der Waals surface area contributed by atoms with Gasteiger partial charge in [-0.15, -0.1) is 0 Å². The molecule has 1 amide bonds. The fraction of sp³-hybridized carbons (Fsp3) is 0.278. The molecule has 6 heteroatoms. The van der Waals surface area contributed by atoms with Crippen LogP contribution in [0.25, 0.3) is 11.1 Å². The number of hydrogen-bond donors (Lipinski definition) is 1. The highest BCUT2D eigenvalue weighted by Gasteiger charge is 2.38. The maximum atomic E-state index is 13.5. The zero-order chi connectivity index (χ0) is 17.3. The predicted octanol–water partition coefficient (Wildman–Crippen LogP) is 4.30. The third kappa shape index (κ3) is 3.01. The van der Waals surface area contributed by atoms with Crippen molar-refractivity contribution in [3.05, 3.63) is 59.7 Å². The molecule has 2 aromatic carbocycles. The summed E-state index contributed by atoms with van der Waals surface area (Å²) in [6.07, 6.45) is -5.58. The lowest BCUT2D eigenvalue weighted by Gasteiger charge is -2.20. The van der Waals surface area contributed by atoms with Crippen molar-refractivity contribution in [2.24, 2.45) is 0 Å². The molecule has 1 saturated heterocycles. The van der Waals surface area contributed by atoms with Crippen LogP contribution in [0.2, 0.25) is 0 Å². The number of alkyl halides is 3. The van der Waals surface area contributed by atoms with Crippen LogP contribution in [-0.2, 0) is 15.7 Å². The molecule has 0 radical (unpaired) electrons. The van der Waals surface area contributed by atoms with E-state index in [4.69, 9.17) is 4.74 Å². The van der Waals surface area contributed by atoms with Crippen molar-refractivity contribution >= 4 is 5.91 Å². The number of rotatable bonds is 3. The van der Waals surface area contributed by atoms with Crippen LogP contribution in [0, 0.1) is 0 Å². The van der Waals surface area contributed by atoms with Crippen LogP contribution >= 0.6 is 0 Å². The Kier molecular flexibility index (Phi) is 4.32. The summed E-state index contributed by atoms with van der Waals surface area (Å²) < 4.78 is 46.1. The van der Waals surface area contributed by atoms with E-state index >= 15 is 0 Å². The number of carbonyl (C=O) groups excluding carboxylic acids is 1. The Balaban J connectivity index is 2.15. The van der Waals surface area contributed by atoms with Gasteiger partial charge in [0.2, 0.25) is 0 Å². The second-order valence-corrected chi connectivity index (χ2v) is 5.56. The molecule has 2 unspecified atom stereocenters. The smallest absolute Gasteiger partial charge is 0.341 e. The second-order valence-electron chi connectivity index (χ2n) is 5.56. The van der Waals surface area contributed by atoms with E-state index < -0.39 is 24.1 Å². The average molecular weight is 335 g/mol. The SMILES string of the molecule is CCC1OC(c2cccc(C(F)(F)F)c2-c2ccccc2)NC1=O. The van der Waals surface area contributed by atoms with Gasteiger partial charge in [-0.25, -0.2) is 0 Å². The molecule has 24 heavy (non-hydrogen) atoms. The van der Waals surface area contributed by atoms with Crippen LogP contribution in [0.4, 0.5) is 13.2 Å². The molecule has 2 atom stereocenters. The lowest BCUT2D eigenvalue weighted by molar-refractivity contribution is -0.137. The molecular weight excluding hydrogens is 319 g/mol. The van der Waals surface area contributed by atoms with E-state index in [0.717, 1.165) is 6.07 Å². The topological polar surface area (TPSA) is 38.3 Å². The minimum absolute atomic E-state index is 0.0349. The molecular formula is C18H16F3NO2. The molecule has 1 fully saturated rings. The van der Waals surface area contributed by atoms with Gasteiger partial charge in [-0.2, -0.15) is 13.2 Å². The van der Waals surface area contributed by atoms with Gasteiger partial charge < -0.3 is 10.1 Å². The highest BCUT2D eigenvalue weighted by atomic mass is 19.4. The lowest BCUT2D eigenvalue weighted by Crippen LogP contribution is -2.24. The van der Waals surface area contributed by atoms with Gasteiger partial charge in [0, 0.05) is 11.1 Å². The van der Waals surface area contributed by atoms with Gasteiger partial charge in [0.25, 0.3) is 5.91 Å². The van der Waals surface area contributed by atoms with Crippen molar-refractivity contribution < 1.29 is 22.7 Å². The van der Waals surface area contributed by atoms with E-state index in [1.54, 1.807) is 43.3 Å². The first kappa shape index (κ1) is 16.5. The number of hydrogen-bond acceptors (Lipinski definition) is 2. The molecule has 2 aromatic rings. The maximum Gasteiger partial charge on any atom is 0.417 e. The Labute approximate surface area is 137 Å². The summed E-state index contributed by atoms with van der Waals surface area (Å²) in [6, 6.07) is 12.2. The van der Waals surface area contributed by atoms with Crippen LogP contribution < -0.4 is 5.32 Å². The number of benzene rings is 2. The molecule has 0 bridgehead atoms. The van der Waals surface area contributed by atoms with Gasteiger partial charge in [0.15, 0.2) is 6.23 Å². The van der Waals surface area contributed by atoms with Crippen LogP contribution in [0.15, 0.2) is 48.5 Å². The molecule has 0 saturated carbocycles. The van der Waals surface area contributed by atoms with Gasteiger partial charge in [-0.05, 0) is 18.1 Å². The Morgan fingerprint density at radius 3 is 2.38 bits per heavy atom. The Hall–Kier alpha value is -2.34. The Bertz CT molecular complexity index is 744. The summed E-state index contributed by atoms with van der Waals surface area (Å²) in [5, 5.41) is 2.63. The summed E-state index contributed by atoms with van der Waals surface area (Å²) in [6.45, 7) is 1.79. The number of ether oxygens (including phenoxy) is 1. The monoisotopic (exact) mass is 335 g/mol. The number of amides is 1. The van der Waals surface area contributed by atoms with Gasteiger partial charge in [-0.3, -0.25) is 4.79 Å². The number of carbonyl (C=O) groups is 1. The first-order valence-corrected chi connectivity index (χ1v) is 7.63. The van der Waals surface area contributed by atoms with E-state index in [1.807, 2.05) is 0 Å². The Morgan fingerprint density at radius 2 is 1.79 bits per heavy atom. The van der Waals surface area contributed by atoms with E-state index in [-0.39, 0.29) is 11.5 Å². The minimum Gasteiger partial charge on any atom is -0.341 e. The third-order valence-electron chi connectivity index (χ3n) is 3.98. The van der Waals surface area contributed by atoms with Gasteiger partial charge in [0.05, 0.1) is 5.56 Å². The van der Waals surface area contributed by atoms with Crippen molar-refractivity contribution in [3.63, 3.8) is 0 Å². The summed E-state index contributed by atoms with van der Waals surface area (Å²) in [5.41, 5.74) is 0.0233. The Morgan fingerprint density at radius 1 is 1.08 bits per heavy atom. The summed E-state index contributed by atoms with van der Waals surface area (Å²) in [5.74, 6) is -0.307. The van der Waals surface area contributed by atoms with E-state index in [0.29, 0.717) is 17.5 Å². The zero-order valence-corrected chi connectivity index (χ0v) is 12.9. The highest BCUT2D eigenvalue weighted by molar-refractivity contribution is 5.83. The van der Waals surface area contributed by atoms with Gasteiger partial charge >= 0.3 is 6.18 Å². The van der Waals surface area contributed by atoms with Crippen molar-refractivity contribution in [1.82, 2.24) is 5.32 Å². The van der Waals surface area contributed by atoms with Gasteiger partial charge in [0.1, 0.15) is 6.10 Å². The zero-order valence-electron chi connectivity index (χ0n) is 12.9. The molecule has 1 N–H and O–H groups in total. The predicted molar refractivity (Wildman–Crippen MR) is 82.9 cm³/mol. The first-order chi connectivity index (χ1) is 11.4. The summed E-state index contributed by atoms with van der Waals surface area (Å²) in [4.78, 5) is 11.9. The molecule has 0 aliphatic carbocycles. The molecule has 1 aliphatic heterocycles.